The highest BCUT2D eigenvalue weighted by atomic mass is 35.5. The predicted molar refractivity (Wildman–Crippen MR) is 79.4 cm³/mol. The van der Waals surface area contributed by atoms with E-state index in [1.165, 1.54) is 17.8 Å². The Morgan fingerprint density at radius 1 is 1.35 bits per heavy atom. The lowest BCUT2D eigenvalue weighted by Gasteiger charge is -2.16. The number of nitrogens with one attached hydrogen (secondary N) is 1. The Morgan fingerprint density at radius 3 is 2.55 bits per heavy atom. The monoisotopic (exact) mass is 290 g/mol. The molecule has 0 bridgehead atoms. The minimum Gasteiger partial charge on any atom is -0.478 e. The van der Waals surface area contributed by atoms with Gasteiger partial charge in [-0.2, -0.15) is 0 Å². The first-order valence-corrected chi connectivity index (χ1v) is 6.57. The average molecular weight is 291 g/mol. The van der Waals surface area contributed by atoms with Crippen LogP contribution < -0.4 is 5.32 Å². The third-order valence-corrected chi connectivity index (χ3v) is 3.31. The van der Waals surface area contributed by atoms with E-state index in [0.717, 1.165) is 5.56 Å². The van der Waals surface area contributed by atoms with Gasteiger partial charge in [0.1, 0.15) is 5.82 Å². The van der Waals surface area contributed by atoms with Gasteiger partial charge < -0.3 is 10.4 Å². The number of benzene rings is 1. The molecule has 1 aromatic heterocycles. The zero-order valence-electron chi connectivity index (χ0n) is 11.2. The highest BCUT2D eigenvalue weighted by molar-refractivity contribution is 6.33. The molecule has 2 N–H and O–H groups in total. The third kappa shape index (κ3) is 3.27. The SMILES string of the molecule is Cc1ccc(C(C)Nc2ncc(C(=O)O)cc2Cl)cc1. The van der Waals surface area contributed by atoms with E-state index in [-0.39, 0.29) is 11.6 Å². The molecule has 0 saturated heterocycles. The standard InChI is InChI=1S/C15H15ClN2O2/c1-9-3-5-11(6-4-9)10(2)18-14-13(16)7-12(8-17-14)15(19)20/h3-8,10H,1-2H3,(H,17,18)(H,19,20). The van der Waals surface area contributed by atoms with E-state index in [2.05, 4.69) is 10.3 Å². The van der Waals surface area contributed by atoms with Crippen LogP contribution in [0.25, 0.3) is 0 Å². The summed E-state index contributed by atoms with van der Waals surface area (Å²) < 4.78 is 0. The maximum Gasteiger partial charge on any atom is 0.337 e. The molecule has 1 aromatic carbocycles. The van der Waals surface area contributed by atoms with E-state index >= 15 is 0 Å². The second-order valence-corrected chi connectivity index (χ2v) is 5.04. The summed E-state index contributed by atoms with van der Waals surface area (Å²) in [7, 11) is 0. The molecule has 0 aliphatic carbocycles. The quantitative estimate of drug-likeness (QED) is 0.896. The molecule has 1 unspecified atom stereocenters. The summed E-state index contributed by atoms with van der Waals surface area (Å²) >= 11 is 6.04. The van der Waals surface area contributed by atoms with Gasteiger partial charge in [0.05, 0.1) is 10.6 Å². The fraction of sp³-hybridized carbons (Fsp3) is 0.200. The Morgan fingerprint density at radius 2 is 2.00 bits per heavy atom. The normalized spacial score (nSPS) is 11.9. The van der Waals surface area contributed by atoms with Crippen LogP contribution in [0, 0.1) is 6.92 Å². The Bertz CT molecular complexity index is 626. The van der Waals surface area contributed by atoms with E-state index in [1.807, 2.05) is 38.1 Å². The lowest BCUT2D eigenvalue weighted by Crippen LogP contribution is -2.09. The molecule has 0 fully saturated rings. The Labute approximate surface area is 122 Å². The molecular formula is C15H15ClN2O2. The van der Waals surface area contributed by atoms with Gasteiger partial charge >= 0.3 is 5.97 Å². The molecule has 0 amide bonds. The second-order valence-electron chi connectivity index (χ2n) is 4.64. The molecule has 1 heterocycles. The van der Waals surface area contributed by atoms with Gasteiger partial charge in [-0.25, -0.2) is 9.78 Å². The number of anilines is 1. The number of pyridine rings is 1. The van der Waals surface area contributed by atoms with Crippen molar-refractivity contribution in [1.29, 1.82) is 0 Å². The summed E-state index contributed by atoms with van der Waals surface area (Å²) in [5.74, 6) is -0.567. The molecule has 2 rings (SSSR count). The van der Waals surface area contributed by atoms with Gasteiger partial charge in [-0.3, -0.25) is 0 Å². The number of aromatic nitrogens is 1. The number of nitrogens with zero attached hydrogens (tertiary/aromatic N) is 1. The molecule has 0 spiro atoms. The number of carbonyl (C=O) groups is 1. The summed E-state index contributed by atoms with van der Waals surface area (Å²) in [4.78, 5) is 14.9. The molecule has 20 heavy (non-hydrogen) atoms. The van der Waals surface area contributed by atoms with Gasteiger partial charge in [-0.1, -0.05) is 41.4 Å². The number of aromatic carboxylic acids is 1. The number of aryl methyl sites for hydroxylation is 1. The van der Waals surface area contributed by atoms with Gasteiger partial charge in [-0.15, -0.1) is 0 Å². The number of carboxylic acid groups (broad SMARTS) is 1. The Kier molecular flexibility index (Phi) is 4.25. The number of hydrogen-bond acceptors (Lipinski definition) is 3. The molecule has 4 nitrogen and oxygen atoms in total. The summed E-state index contributed by atoms with van der Waals surface area (Å²) in [6.45, 7) is 4.03. The van der Waals surface area contributed by atoms with E-state index in [1.54, 1.807) is 0 Å². The molecule has 5 heteroatoms. The zero-order valence-corrected chi connectivity index (χ0v) is 12.0. The van der Waals surface area contributed by atoms with Crippen molar-refractivity contribution in [3.05, 3.63) is 58.2 Å². The molecule has 0 radical (unpaired) electrons. The van der Waals surface area contributed by atoms with Crippen molar-refractivity contribution in [2.24, 2.45) is 0 Å². The molecule has 0 aliphatic rings. The second kappa shape index (κ2) is 5.92. The summed E-state index contributed by atoms with van der Waals surface area (Å²) in [6, 6.07) is 9.56. The van der Waals surface area contributed by atoms with Crippen LogP contribution in [0.15, 0.2) is 36.5 Å². The first-order valence-electron chi connectivity index (χ1n) is 6.19. The highest BCUT2D eigenvalue weighted by Crippen LogP contribution is 2.25. The van der Waals surface area contributed by atoms with Crippen molar-refractivity contribution in [3.63, 3.8) is 0 Å². The van der Waals surface area contributed by atoms with Crippen LogP contribution in [0.3, 0.4) is 0 Å². The van der Waals surface area contributed by atoms with E-state index < -0.39 is 5.97 Å². The van der Waals surface area contributed by atoms with Crippen molar-refractivity contribution in [2.75, 3.05) is 5.32 Å². The van der Waals surface area contributed by atoms with E-state index in [9.17, 15) is 4.79 Å². The average Bonchev–Trinajstić information content (AvgIpc) is 2.41. The van der Waals surface area contributed by atoms with Crippen molar-refractivity contribution in [2.45, 2.75) is 19.9 Å². The van der Waals surface area contributed by atoms with Crippen LogP contribution in [0.1, 0.15) is 34.5 Å². The minimum absolute atomic E-state index is 0.0243. The van der Waals surface area contributed by atoms with Crippen molar-refractivity contribution in [1.82, 2.24) is 4.98 Å². The maximum absolute atomic E-state index is 10.8. The Balaban J connectivity index is 2.17. The van der Waals surface area contributed by atoms with Crippen LogP contribution in [0.2, 0.25) is 5.02 Å². The van der Waals surface area contributed by atoms with E-state index in [0.29, 0.717) is 10.8 Å². The van der Waals surface area contributed by atoms with Gasteiger partial charge in [-0.05, 0) is 25.5 Å². The third-order valence-electron chi connectivity index (χ3n) is 3.02. The maximum atomic E-state index is 10.8. The molecule has 104 valence electrons. The first kappa shape index (κ1) is 14.3. The van der Waals surface area contributed by atoms with Gasteiger partial charge in [0, 0.05) is 12.2 Å². The largest absolute Gasteiger partial charge is 0.478 e. The van der Waals surface area contributed by atoms with Crippen molar-refractivity contribution in [3.8, 4) is 0 Å². The highest BCUT2D eigenvalue weighted by Gasteiger charge is 2.11. The smallest absolute Gasteiger partial charge is 0.337 e. The molecule has 2 aromatic rings. The van der Waals surface area contributed by atoms with Gasteiger partial charge in [0.15, 0.2) is 0 Å². The first-order chi connectivity index (χ1) is 9.47. The lowest BCUT2D eigenvalue weighted by molar-refractivity contribution is 0.0696. The summed E-state index contributed by atoms with van der Waals surface area (Å²) in [6.07, 6.45) is 1.29. The summed E-state index contributed by atoms with van der Waals surface area (Å²) in [5.41, 5.74) is 2.38. The van der Waals surface area contributed by atoms with Gasteiger partial charge in [0.25, 0.3) is 0 Å². The molecular weight excluding hydrogens is 276 g/mol. The summed E-state index contributed by atoms with van der Waals surface area (Å²) in [5, 5.41) is 12.3. The van der Waals surface area contributed by atoms with Crippen LogP contribution in [0.5, 0.6) is 0 Å². The molecule has 0 saturated carbocycles. The van der Waals surface area contributed by atoms with Crippen molar-refractivity contribution >= 4 is 23.4 Å². The number of rotatable bonds is 4. The number of hydrogen-bond donors (Lipinski definition) is 2. The van der Waals surface area contributed by atoms with E-state index in [4.69, 9.17) is 16.7 Å². The number of carboxylic acids is 1. The predicted octanol–water partition coefficient (Wildman–Crippen LogP) is 3.91. The van der Waals surface area contributed by atoms with Crippen LogP contribution >= 0.6 is 11.6 Å². The van der Waals surface area contributed by atoms with Crippen LogP contribution in [0.4, 0.5) is 5.82 Å². The zero-order chi connectivity index (χ0) is 14.7. The molecule has 1 atom stereocenters. The number of halogens is 1. The lowest BCUT2D eigenvalue weighted by atomic mass is 10.1. The fourth-order valence-corrected chi connectivity index (χ4v) is 2.03. The minimum atomic E-state index is -1.04. The van der Waals surface area contributed by atoms with Crippen LogP contribution in [-0.4, -0.2) is 16.1 Å². The van der Waals surface area contributed by atoms with Gasteiger partial charge in [0.2, 0.25) is 0 Å². The fourth-order valence-electron chi connectivity index (χ4n) is 1.80. The topological polar surface area (TPSA) is 62.2 Å². The van der Waals surface area contributed by atoms with Crippen molar-refractivity contribution < 1.29 is 9.90 Å². The van der Waals surface area contributed by atoms with Crippen LogP contribution in [-0.2, 0) is 0 Å². The Hall–Kier alpha value is -2.07. The molecule has 0 aliphatic heterocycles.